The van der Waals surface area contributed by atoms with Gasteiger partial charge in [-0.05, 0) is 42.5 Å². The van der Waals surface area contributed by atoms with Gasteiger partial charge in [-0.3, -0.25) is 4.79 Å². The zero-order chi connectivity index (χ0) is 16.1. The van der Waals surface area contributed by atoms with Crippen LogP contribution < -0.4 is 14.4 Å². The minimum Gasteiger partial charge on any atom is -0.497 e. The molecule has 2 aromatic rings. The molecule has 2 aromatic carbocycles. The van der Waals surface area contributed by atoms with Crippen LogP contribution in [0.15, 0.2) is 42.5 Å². The Morgan fingerprint density at radius 1 is 1.22 bits per heavy atom. The number of amides is 1. The Kier molecular flexibility index (Phi) is 3.50. The van der Waals surface area contributed by atoms with Gasteiger partial charge in [-0.15, -0.1) is 0 Å². The largest absolute Gasteiger partial charge is 0.497 e. The normalized spacial score (nSPS) is 25.1. The quantitative estimate of drug-likeness (QED) is 0.572. The first-order valence-corrected chi connectivity index (χ1v) is 8.47. The summed E-state index contributed by atoms with van der Waals surface area (Å²) in [6, 6.07) is 12.8. The van der Waals surface area contributed by atoms with Crippen molar-refractivity contribution in [3.05, 3.63) is 53.1 Å². The standard InChI is InChI=1S/C17H13BrClNO3/c1-22-11-5-3-10(4-6-11)20-15-14(18)12-8-9(19)2-7-13(12)23-16(15)17(20)21/h2-8,14-16H,1H3/t14-,15+,16-/m1/s1. The Morgan fingerprint density at radius 3 is 2.65 bits per heavy atom. The van der Waals surface area contributed by atoms with Gasteiger partial charge in [-0.2, -0.15) is 0 Å². The molecule has 23 heavy (non-hydrogen) atoms. The van der Waals surface area contributed by atoms with E-state index in [1.807, 2.05) is 36.4 Å². The van der Waals surface area contributed by atoms with E-state index >= 15 is 0 Å². The fraction of sp³-hybridized carbons (Fsp3) is 0.235. The van der Waals surface area contributed by atoms with E-state index in [1.54, 1.807) is 18.1 Å². The van der Waals surface area contributed by atoms with E-state index in [4.69, 9.17) is 21.1 Å². The molecule has 0 aromatic heterocycles. The van der Waals surface area contributed by atoms with E-state index < -0.39 is 6.10 Å². The van der Waals surface area contributed by atoms with Crippen LogP contribution in [0.3, 0.4) is 0 Å². The number of carbonyl (C=O) groups excluding carboxylic acids is 1. The first-order chi connectivity index (χ1) is 11.1. The topological polar surface area (TPSA) is 38.8 Å². The van der Waals surface area contributed by atoms with Gasteiger partial charge in [0.05, 0.1) is 18.0 Å². The van der Waals surface area contributed by atoms with Crippen LogP contribution in [0.4, 0.5) is 5.69 Å². The molecule has 118 valence electrons. The van der Waals surface area contributed by atoms with Crippen molar-refractivity contribution in [2.45, 2.75) is 17.0 Å². The van der Waals surface area contributed by atoms with E-state index in [-0.39, 0.29) is 16.8 Å². The lowest BCUT2D eigenvalue weighted by molar-refractivity contribution is -0.135. The van der Waals surface area contributed by atoms with Crippen LogP contribution in [0.25, 0.3) is 0 Å². The van der Waals surface area contributed by atoms with Crippen molar-refractivity contribution >= 4 is 39.1 Å². The zero-order valence-electron chi connectivity index (χ0n) is 12.2. The van der Waals surface area contributed by atoms with Crippen LogP contribution in [0.5, 0.6) is 11.5 Å². The summed E-state index contributed by atoms with van der Waals surface area (Å²) in [5.74, 6) is 1.43. The second-order valence-corrected chi connectivity index (χ2v) is 6.94. The number of rotatable bonds is 2. The number of ether oxygens (including phenoxy) is 2. The van der Waals surface area contributed by atoms with E-state index in [1.165, 1.54) is 0 Å². The molecular formula is C17H13BrClNO3. The summed E-state index contributed by atoms with van der Waals surface area (Å²) in [4.78, 5) is 14.2. The van der Waals surface area contributed by atoms with Crippen LogP contribution in [0.2, 0.25) is 5.02 Å². The first kappa shape index (κ1) is 14.8. The van der Waals surface area contributed by atoms with Gasteiger partial charge >= 0.3 is 0 Å². The Hall–Kier alpha value is -1.72. The van der Waals surface area contributed by atoms with Gasteiger partial charge in [0.2, 0.25) is 0 Å². The van der Waals surface area contributed by atoms with E-state index in [0.29, 0.717) is 10.8 Å². The fourth-order valence-corrected chi connectivity index (χ4v) is 4.14. The highest BCUT2D eigenvalue weighted by Crippen LogP contribution is 2.49. The molecule has 1 saturated heterocycles. The second kappa shape index (κ2) is 5.42. The van der Waals surface area contributed by atoms with Crippen molar-refractivity contribution in [1.82, 2.24) is 0 Å². The summed E-state index contributed by atoms with van der Waals surface area (Å²) in [5, 5.41) is 0.650. The lowest BCUT2D eigenvalue weighted by atomic mass is 9.87. The lowest BCUT2D eigenvalue weighted by Crippen LogP contribution is -2.70. The maximum absolute atomic E-state index is 12.5. The summed E-state index contributed by atoms with van der Waals surface area (Å²) < 4.78 is 11.0. The highest BCUT2D eigenvalue weighted by molar-refractivity contribution is 9.09. The van der Waals surface area contributed by atoms with Crippen molar-refractivity contribution in [2.75, 3.05) is 12.0 Å². The Morgan fingerprint density at radius 2 is 1.96 bits per heavy atom. The minimum absolute atomic E-state index is 0.0326. The predicted octanol–water partition coefficient (Wildman–Crippen LogP) is 3.96. The summed E-state index contributed by atoms with van der Waals surface area (Å²) in [5.41, 5.74) is 1.79. The number of alkyl halides is 1. The first-order valence-electron chi connectivity index (χ1n) is 7.17. The Bertz CT molecular complexity index is 780. The van der Waals surface area contributed by atoms with Crippen LogP contribution >= 0.6 is 27.5 Å². The highest BCUT2D eigenvalue weighted by atomic mass is 79.9. The summed E-state index contributed by atoms with van der Waals surface area (Å²) >= 11 is 9.80. The van der Waals surface area contributed by atoms with Crippen LogP contribution in [-0.2, 0) is 4.79 Å². The summed E-state index contributed by atoms with van der Waals surface area (Å²) in [7, 11) is 1.62. The van der Waals surface area contributed by atoms with Crippen LogP contribution in [0.1, 0.15) is 10.4 Å². The van der Waals surface area contributed by atoms with Crippen molar-refractivity contribution in [2.24, 2.45) is 0 Å². The van der Waals surface area contributed by atoms with Crippen molar-refractivity contribution in [3.8, 4) is 11.5 Å². The molecular weight excluding hydrogens is 382 g/mol. The summed E-state index contributed by atoms with van der Waals surface area (Å²) in [6.07, 6.45) is -0.463. The van der Waals surface area contributed by atoms with Gasteiger partial charge in [0.1, 0.15) is 11.5 Å². The SMILES string of the molecule is COc1ccc(N2C(=O)[C@@H]3Oc4ccc(Cl)cc4[C@@H](Br)[C@@H]32)cc1. The molecule has 2 heterocycles. The molecule has 4 rings (SSSR count). The van der Waals surface area contributed by atoms with Crippen molar-refractivity contribution < 1.29 is 14.3 Å². The molecule has 0 aliphatic carbocycles. The monoisotopic (exact) mass is 393 g/mol. The third kappa shape index (κ3) is 2.22. The van der Waals surface area contributed by atoms with Gasteiger partial charge in [-0.25, -0.2) is 0 Å². The Labute approximate surface area is 147 Å². The smallest absolute Gasteiger partial charge is 0.270 e. The highest BCUT2D eigenvalue weighted by Gasteiger charge is 2.56. The number of halogens is 2. The molecule has 0 N–H and O–H groups in total. The van der Waals surface area contributed by atoms with Gasteiger partial charge < -0.3 is 14.4 Å². The molecule has 0 bridgehead atoms. The van der Waals surface area contributed by atoms with E-state index in [0.717, 1.165) is 17.0 Å². The molecule has 3 atom stereocenters. The molecule has 4 nitrogen and oxygen atoms in total. The van der Waals surface area contributed by atoms with Crippen LogP contribution in [-0.4, -0.2) is 25.2 Å². The molecule has 1 amide bonds. The molecule has 6 heteroatoms. The lowest BCUT2D eigenvalue weighted by Gasteiger charge is -2.51. The number of β-lactam (4-membered cyclic amide) rings is 1. The maximum Gasteiger partial charge on any atom is 0.270 e. The number of methoxy groups -OCH3 is 1. The number of fused-ring (bicyclic) bond motifs is 2. The minimum atomic E-state index is -0.463. The number of nitrogens with zero attached hydrogens (tertiary/aromatic N) is 1. The van der Waals surface area contributed by atoms with Gasteiger partial charge in [0.25, 0.3) is 5.91 Å². The van der Waals surface area contributed by atoms with Crippen LogP contribution in [0, 0.1) is 0 Å². The van der Waals surface area contributed by atoms with Gasteiger partial charge in [-0.1, -0.05) is 27.5 Å². The molecule has 0 radical (unpaired) electrons. The molecule has 0 spiro atoms. The van der Waals surface area contributed by atoms with Gasteiger partial charge in [0.15, 0.2) is 6.10 Å². The maximum atomic E-state index is 12.5. The molecule has 1 fully saturated rings. The number of anilines is 1. The van der Waals surface area contributed by atoms with E-state index in [9.17, 15) is 4.79 Å². The van der Waals surface area contributed by atoms with Crippen molar-refractivity contribution in [1.29, 1.82) is 0 Å². The average molecular weight is 395 g/mol. The number of benzene rings is 2. The number of hydrogen-bond donors (Lipinski definition) is 0. The third-order valence-corrected chi connectivity index (χ3v) is 5.53. The Balaban J connectivity index is 1.69. The van der Waals surface area contributed by atoms with E-state index in [2.05, 4.69) is 15.9 Å². The predicted molar refractivity (Wildman–Crippen MR) is 91.8 cm³/mol. The number of carbonyl (C=O) groups is 1. The molecule has 0 unspecified atom stereocenters. The zero-order valence-corrected chi connectivity index (χ0v) is 14.5. The fourth-order valence-electron chi connectivity index (χ4n) is 3.09. The molecule has 0 saturated carbocycles. The van der Waals surface area contributed by atoms with Crippen molar-refractivity contribution in [3.63, 3.8) is 0 Å². The van der Waals surface area contributed by atoms with Gasteiger partial charge in [0, 0.05) is 16.3 Å². The molecule has 2 aliphatic heterocycles. The summed E-state index contributed by atoms with van der Waals surface area (Å²) in [6.45, 7) is 0. The number of hydrogen-bond acceptors (Lipinski definition) is 3. The second-order valence-electron chi connectivity index (χ2n) is 5.52. The average Bonchev–Trinajstić information content (AvgIpc) is 2.57. The third-order valence-electron chi connectivity index (χ3n) is 4.26. The molecule has 2 aliphatic rings.